The molecule has 1 saturated carbocycles. The third kappa shape index (κ3) is 2.89. The summed E-state index contributed by atoms with van der Waals surface area (Å²) in [4.78, 5) is 0.388. The molecular weight excluding hydrogens is 371 g/mol. The van der Waals surface area contributed by atoms with Crippen molar-refractivity contribution >= 4 is 32.4 Å². The van der Waals surface area contributed by atoms with Gasteiger partial charge in [0.2, 0.25) is 0 Å². The average molecular weight is 390 g/mol. The predicted molar refractivity (Wildman–Crippen MR) is 87.2 cm³/mol. The molecule has 0 aliphatic heterocycles. The Labute approximate surface area is 129 Å². The van der Waals surface area contributed by atoms with Crippen LogP contribution in [0, 0.1) is 18.3 Å². The smallest absolute Gasteiger partial charge is 0.199 e. The summed E-state index contributed by atoms with van der Waals surface area (Å²) in [6, 6.07) is 7.04. The zero-order chi connectivity index (χ0) is 14.3. The van der Waals surface area contributed by atoms with E-state index < -0.39 is 9.84 Å². The van der Waals surface area contributed by atoms with Gasteiger partial charge in [-0.05, 0) is 36.8 Å². The number of aryl methyl sites for hydroxylation is 1. The molecule has 1 aliphatic carbocycles. The normalized spacial score (nSPS) is 24.2. The molecule has 0 radical (unpaired) electrons. The molecule has 1 aliphatic rings. The second-order valence-electron chi connectivity index (χ2n) is 5.78. The highest BCUT2D eigenvalue weighted by Gasteiger charge is 2.43. The van der Waals surface area contributed by atoms with E-state index in [2.05, 4.69) is 36.4 Å². The van der Waals surface area contributed by atoms with Crippen molar-refractivity contribution in [2.45, 2.75) is 32.1 Å². The monoisotopic (exact) mass is 390 g/mol. The molecular formula is C15H19IO2S. The van der Waals surface area contributed by atoms with Crippen LogP contribution in [0.25, 0.3) is 0 Å². The number of hydrogen-bond donors (Lipinski definition) is 0. The zero-order valence-corrected chi connectivity index (χ0v) is 14.5. The number of hydrogen-bond acceptors (Lipinski definition) is 2. The quantitative estimate of drug-likeness (QED) is 0.575. The molecule has 0 aromatic heterocycles. The number of benzene rings is 1. The molecule has 2 rings (SSSR count). The molecule has 1 aromatic carbocycles. The summed E-state index contributed by atoms with van der Waals surface area (Å²) in [6.45, 7) is 6.22. The minimum absolute atomic E-state index is 0.0129. The average Bonchev–Trinajstić information content (AvgIpc) is 2.34. The van der Waals surface area contributed by atoms with E-state index in [1.54, 1.807) is 12.1 Å². The lowest BCUT2D eigenvalue weighted by atomic mass is 9.60. The lowest BCUT2D eigenvalue weighted by molar-refractivity contribution is 0.195. The summed E-state index contributed by atoms with van der Waals surface area (Å²) in [5.74, 6) is 0.590. The van der Waals surface area contributed by atoms with Gasteiger partial charge in [-0.1, -0.05) is 59.7 Å². The highest BCUT2D eigenvalue weighted by atomic mass is 127. The molecule has 19 heavy (non-hydrogen) atoms. The Hall–Kier alpha value is -0.360. The van der Waals surface area contributed by atoms with Gasteiger partial charge in [-0.25, -0.2) is 8.42 Å². The minimum atomic E-state index is -3.30. The van der Waals surface area contributed by atoms with E-state index in [1.807, 2.05) is 19.1 Å². The largest absolute Gasteiger partial charge is 0.219 e. The Balaban J connectivity index is 2.31. The van der Waals surface area contributed by atoms with Crippen molar-refractivity contribution in [2.75, 3.05) is 4.43 Å². The van der Waals surface area contributed by atoms with Gasteiger partial charge in [-0.2, -0.15) is 0 Å². The first-order valence-corrected chi connectivity index (χ1v) is 9.43. The topological polar surface area (TPSA) is 34.1 Å². The molecule has 1 fully saturated rings. The van der Waals surface area contributed by atoms with Crippen molar-refractivity contribution < 1.29 is 8.42 Å². The van der Waals surface area contributed by atoms with Crippen LogP contribution in [0.4, 0.5) is 0 Å². The molecule has 4 heteroatoms. The maximum absolute atomic E-state index is 12.4. The standard InChI is InChI=1S/C15H19IO2S/c1-11-4-6-14(7-5-11)19(17,18)10-13-8-12(9-16)15(13,2)3/h4-7,10,12H,8-9H2,1-3H3. The fraction of sp³-hybridized carbons (Fsp3) is 0.467. The Morgan fingerprint density at radius 3 is 2.37 bits per heavy atom. The van der Waals surface area contributed by atoms with E-state index in [1.165, 1.54) is 5.41 Å². The number of alkyl halides is 1. The maximum atomic E-state index is 12.4. The van der Waals surface area contributed by atoms with Gasteiger partial charge in [0.05, 0.1) is 4.90 Å². The molecule has 1 aromatic rings. The lowest BCUT2D eigenvalue weighted by Crippen LogP contribution is -2.39. The molecule has 104 valence electrons. The SMILES string of the molecule is Cc1ccc(S(=O)(=O)C=C2CC(CI)C2(C)C)cc1. The van der Waals surface area contributed by atoms with Gasteiger partial charge in [-0.15, -0.1) is 0 Å². The summed E-state index contributed by atoms with van der Waals surface area (Å²) < 4.78 is 25.8. The fourth-order valence-electron chi connectivity index (χ4n) is 2.35. The van der Waals surface area contributed by atoms with Crippen molar-refractivity contribution in [2.24, 2.45) is 11.3 Å². The second kappa shape index (κ2) is 5.20. The van der Waals surface area contributed by atoms with Crippen LogP contribution >= 0.6 is 22.6 Å². The third-order valence-electron chi connectivity index (χ3n) is 4.15. The van der Waals surface area contributed by atoms with Gasteiger partial charge in [0.1, 0.15) is 0 Å². The van der Waals surface area contributed by atoms with E-state index >= 15 is 0 Å². The van der Waals surface area contributed by atoms with Crippen LogP contribution < -0.4 is 0 Å². The molecule has 0 N–H and O–H groups in total. The van der Waals surface area contributed by atoms with Gasteiger partial charge in [0.25, 0.3) is 0 Å². The van der Waals surface area contributed by atoms with Crippen LogP contribution in [0.5, 0.6) is 0 Å². The number of sulfone groups is 1. The number of allylic oxidation sites excluding steroid dienone is 1. The van der Waals surface area contributed by atoms with Crippen LogP contribution in [0.15, 0.2) is 40.1 Å². The third-order valence-corrected chi connectivity index (χ3v) is 6.74. The Kier molecular flexibility index (Phi) is 4.12. The molecule has 0 heterocycles. The second-order valence-corrected chi connectivity index (χ2v) is 8.46. The van der Waals surface area contributed by atoms with Crippen molar-refractivity contribution in [1.82, 2.24) is 0 Å². The van der Waals surface area contributed by atoms with Crippen molar-refractivity contribution in [3.8, 4) is 0 Å². The van der Waals surface area contributed by atoms with Gasteiger partial charge in [-0.3, -0.25) is 0 Å². The highest BCUT2D eigenvalue weighted by Crippen LogP contribution is 2.52. The summed E-state index contributed by atoms with van der Waals surface area (Å²) in [5, 5.41) is 1.49. The van der Waals surface area contributed by atoms with Crippen LogP contribution in [-0.2, 0) is 9.84 Å². The van der Waals surface area contributed by atoms with Crippen LogP contribution in [0.2, 0.25) is 0 Å². The van der Waals surface area contributed by atoms with Crippen molar-refractivity contribution in [3.63, 3.8) is 0 Å². The lowest BCUT2D eigenvalue weighted by Gasteiger charge is -2.46. The molecule has 1 unspecified atom stereocenters. The minimum Gasteiger partial charge on any atom is -0.219 e. The molecule has 1 atom stereocenters. The summed E-state index contributed by atoms with van der Waals surface area (Å²) >= 11 is 2.38. The molecule has 0 saturated heterocycles. The van der Waals surface area contributed by atoms with Gasteiger partial charge in [0.15, 0.2) is 9.84 Å². The highest BCUT2D eigenvalue weighted by molar-refractivity contribution is 14.1. The first-order valence-electron chi connectivity index (χ1n) is 6.36. The van der Waals surface area contributed by atoms with Crippen molar-refractivity contribution in [3.05, 3.63) is 40.8 Å². The maximum Gasteiger partial charge on any atom is 0.199 e. The summed E-state index contributed by atoms with van der Waals surface area (Å²) in [7, 11) is -3.30. The van der Waals surface area contributed by atoms with E-state index in [0.717, 1.165) is 22.0 Å². The van der Waals surface area contributed by atoms with E-state index in [-0.39, 0.29) is 5.41 Å². The molecule has 0 bridgehead atoms. The van der Waals surface area contributed by atoms with E-state index in [9.17, 15) is 8.42 Å². The first kappa shape index (κ1) is 15.0. The Bertz CT molecular complexity index is 598. The Morgan fingerprint density at radius 1 is 1.32 bits per heavy atom. The van der Waals surface area contributed by atoms with Gasteiger partial charge < -0.3 is 0 Å². The molecule has 0 amide bonds. The zero-order valence-electron chi connectivity index (χ0n) is 11.5. The van der Waals surface area contributed by atoms with Gasteiger partial charge >= 0.3 is 0 Å². The van der Waals surface area contributed by atoms with Crippen LogP contribution in [-0.4, -0.2) is 12.8 Å². The van der Waals surface area contributed by atoms with E-state index in [0.29, 0.717) is 10.8 Å². The summed E-state index contributed by atoms with van der Waals surface area (Å²) in [6.07, 6.45) is 0.904. The summed E-state index contributed by atoms with van der Waals surface area (Å²) in [5.41, 5.74) is 2.13. The van der Waals surface area contributed by atoms with Crippen molar-refractivity contribution in [1.29, 1.82) is 0 Å². The first-order chi connectivity index (χ1) is 8.77. The predicted octanol–water partition coefficient (Wildman–Crippen LogP) is 4.13. The number of halogens is 1. The fourth-order valence-corrected chi connectivity index (χ4v) is 5.18. The van der Waals surface area contributed by atoms with E-state index in [4.69, 9.17) is 0 Å². The van der Waals surface area contributed by atoms with Crippen LogP contribution in [0.3, 0.4) is 0 Å². The number of rotatable bonds is 3. The van der Waals surface area contributed by atoms with Gasteiger partial charge in [0, 0.05) is 9.84 Å². The molecule has 0 spiro atoms. The molecule has 2 nitrogen and oxygen atoms in total. The Morgan fingerprint density at radius 2 is 1.89 bits per heavy atom. The van der Waals surface area contributed by atoms with Crippen LogP contribution in [0.1, 0.15) is 25.8 Å².